The van der Waals surface area contributed by atoms with Crippen LogP contribution in [0, 0.1) is 11.8 Å². The SMILES string of the molecule is CCC(CCCc1c(O)ccc(O)c1O)CC(CN)C(=O)O. The quantitative estimate of drug-likeness (QED) is 0.352. The first-order valence-corrected chi connectivity index (χ1v) is 7.56. The molecule has 124 valence electrons. The maximum absolute atomic E-state index is 11.0. The van der Waals surface area contributed by atoms with Crippen molar-refractivity contribution in [3.63, 3.8) is 0 Å². The maximum atomic E-state index is 11.0. The van der Waals surface area contributed by atoms with Crippen molar-refractivity contribution in [2.75, 3.05) is 6.54 Å². The lowest BCUT2D eigenvalue weighted by Crippen LogP contribution is -2.25. The molecular weight excluding hydrogens is 286 g/mol. The number of hydrogen-bond acceptors (Lipinski definition) is 5. The molecule has 1 aromatic carbocycles. The average Bonchev–Trinajstić information content (AvgIpc) is 2.49. The summed E-state index contributed by atoms with van der Waals surface area (Å²) in [5.74, 6) is -1.77. The molecule has 2 unspecified atom stereocenters. The highest BCUT2D eigenvalue weighted by atomic mass is 16.4. The van der Waals surface area contributed by atoms with Gasteiger partial charge in [0.05, 0.1) is 5.92 Å². The fourth-order valence-electron chi connectivity index (χ4n) is 2.62. The zero-order valence-electron chi connectivity index (χ0n) is 12.8. The monoisotopic (exact) mass is 311 g/mol. The number of carboxylic acids is 1. The number of phenolic OH excluding ortho intramolecular Hbond substituents is 3. The highest BCUT2D eigenvalue weighted by Gasteiger charge is 2.20. The predicted molar refractivity (Wildman–Crippen MR) is 83.0 cm³/mol. The first kappa shape index (κ1) is 18.1. The van der Waals surface area contributed by atoms with Gasteiger partial charge in [0.1, 0.15) is 5.75 Å². The van der Waals surface area contributed by atoms with Gasteiger partial charge >= 0.3 is 5.97 Å². The van der Waals surface area contributed by atoms with E-state index in [1.165, 1.54) is 12.1 Å². The van der Waals surface area contributed by atoms with Crippen LogP contribution in [0.1, 0.15) is 38.2 Å². The van der Waals surface area contributed by atoms with Crippen molar-refractivity contribution in [2.24, 2.45) is 17.6 Å². The van der Waals surface area contributed by atoms with Crippen LogP contribution in [0.15, 0.2) is 12.1 Å². The molecule has 0 spiro atoms. The number of carboxylic acid groups (broad SMARTS) is 1. The van der Waals surface area contributed by atoms with Gasteiger partial charge in [-0.3, -0.25) is 4.79 Å². The molecule has 0 heterocycles. The molecule has 6 N–H and O–H groups in total. The molecule has 0 bridgehead atoms. The molecule has 0 aromatic heterocycles. The Morgan fingerprint density at radius 2 is 1.86 bits per heavy atom. The topological polar surface area (TPSA) is 124 Å². The van der Waals surface area contributed by atoms with Gasteiger partial charge in [0.15, 0.2) is 11.5 Å². The molecule has 1 rings (SSSR count). The van der Waals surface area contributed by atoms with Gasteiger partial charge in [0, 0.05) is 12.1 Å². The van der Waals surface area contributed by atoms with Crippen LogP contribution in [0.2, 0.25) is 0 Å². The highest BCUT2D eigenvalue weighted by molar-refractivity contribution is 5.70. The molecule has 0 aliphatic heterocycles. The number of nitrogens with two attached hydrogens (primary N) is 1. The first-order chi connectivity index (χ1) is 10.4. The van der Waals surface area contributed by atoms with Crippen LogP contribution in [0.3, 0.4) is 0 Å². The summed E-state index contributed by atoms with van der Waals surface area (Å²) in [7, 11) is 0. The number of aliphatic carboxylic acids is 1. The molecular formula is C16H25NO5. The fourth-order valence-corrected chi connectivity index (χ4v) is 2.62. The fraction of sp³-hybridized carbons (Fsp3) is 0.562. The minimum Gasteiger partial charge on any atom is -0.508 e. The Kier molecular flexibility index (Phi) is 6.98. The zero-order valence-corrected chi connectivity index (χ0v) is 12.8. The van der Waals surface area contributed by atoms with E-state index >= 15 is 0 Å². The second kappa shape index (κ2) is 8.48. The number of carbonyl (C=O) groups is 1. The molecule has 1 aromatic rings. The molecule has 0 radical (unpaired) electrons. The summed E-state index contributed by atoms with van der Waals surface area (Å²) in [6, 6.07) is 2.58. The Hall–Kier alpha value is -1.95. The zero-order chi connectivity index (χ0) is 16.7. The number of phenols is 3. The molecule has 6 nitrogen and oxygen atoms in total. The van der Waals surface area contributed by atoms with E-state index in [2.05, 4.69) is 0 Å². The van der Waals surface area contributed by atoms with Crippen molar-refractivity contribution in [3.8, 4) is 17.2 Å². The third-order valence-corrected chi connectivity index (χ3v) is 4.10. The van der Waals surface area contributed by atoms with Crippen molar-refractivity contribution < 1.29 is 25.2 Å². The van der Waals surface area contributed by atoms with Crippen LogP contribution < -0.4 is 5.73 Å². The first-order valence-electron chi connectivity index (χ1n) is 7.56. The van der Waals surface area contributed by atoms with Gasteiger partial charge in [-0.1, -0.05) is 19.8 Å². The summed E-state index contributed by atoms with van der Waals surface area (Å²) >= 11 is 0. The average molecular weight is 311 g/mol. The van der Waals surface area contributed by atoms with Gasteiger partial charge in [-0.15, -0.1) is 0 Å². The van der Waals surface area contributed by atoms with Crippen LogP contribution in [-0.2, 0) is 11.2 Å². The number of aromatic hydroxyl groups is 3. The van der Waals surface area contributed by atoms with Gasteiger partial charge in [-0.2, -0.15) is 0 Å². The largest absolute Gasteiger partial charge is 0.508 e. The van der Waals surface area contributed by atoms with Gasteiger partial charge in [0.2, 0.25) is 0 Å². The molecule has 0 saturated heterocycles. The molecule has 0 fully saturated rings. The van der Waals surface area contributed by atoms with Crippen molar-refractivity contribution in [1.82, 2.24) is 0 Å². The van der Waals surface area contributed by atoms with E-state index in [0.29, 0.717) is 24.8 Å². The Morgan fingerprint density at radius 3 is 2.41 bits per heavy atom. The van der Waals surface area contributed by atoms with Crippen LogP contribution in [0.4, 0.5) is 0 Å². The summed E-state index contributed by atoms with van der Waals surface area (Å²) in [4.78, 5) is 11.0. The number of rotatable bonds is 9. The summed E-state index contributed by atoms with van der Waals surface area (Å²) in [6.07, 6.45) is 3.25. The third-order valence-electron chi connectivity index (χ3n) is 4.10. The molecule has 0 aliphatic rings. The summed E-state index contributed by atoms with van der Waals surface area (Å²) in [5, 5.41) is 38.0. The van der Waals surface area contributed by atoms with E-state index in [9.17, 15) is 20.1 Å². The van der Waals surface area contributed by atoms with Crippen LogP contribution in [-0.4, -0.2) is 32.9 Å². The molecule has 2 atom stereocenters. The highest BCUT2D eigenvalue weighted by Crippen LogP contribution is 2.36. The standard InChI is InChI=1S/C16H25NO5/c1-2-10(8-11(9-17)16(21)22)4-3-5-12-13(18)6-7-14(19)15(12)20/h6-7,10-11,18-20H,2-5,8-9,17H2,1H3,(H,21,22). The lowest BCUT2D eigenvalue weighted by molar-refractivity contribution is -0.142. The van der Waals surface area contributed by atoms with E-state index in [-0.39, 0.29) is 29.7 Å². The smallest absolute Gasteiger partial charge is 0.307 e. The molecule has 0 saturated carbocycles. The lowest BCUT2D eigenvalue weighted by atomic mass is 9.88. The van der Waals surface area contributed by atoms with E-state index in [4.69, 9.17) is 10.8 Å². The van der Waals surface area contributed by atoms with Crippen molar-refractivity contribution >= 4 is 5.97 Å². The molecule has 0 amide bonds. The van der Waals surface area contributed by atoms with Gasteiger partial charge in [-0.05, 0) is 37.3 Å². The number of hydrogen-bond donors (Lipinski definition) is 5. The minimum atomic E-state index is -0.871. The predicted octanol–water partition coefficient (Wildman–Crippen LogP) is 2.20. The normalized spacial score (nSPS) is 13.7. The Bertz CT molecular complexity index is 504. The second-order valence-electron chi connectivity index (χ2n) is 5.60. The molecule has 0 aliphatic carbocycles. The summed E-state index contributed by atoms with van der Waals surface area (Å²) in [5.41, 5.74) is 5.80. The second-order valence-corrected chi connectivity index (χ2v) is 5.60. The van der Waals surface area contributed by atoms with Crippen molar-refractivity contribution in [2.45, 2.75) is 39.0 Å². The summed E-state index contributed by atoms with van der Waals surface area (Å²) in [6.45, 7) is 2.13. The third kappa shape index (κ3) is 4.80. The van der Waals surface area contributed by atoms with Gasteiger partial charge in [-0.25, -0.2) is 0 Å². The van der Waals surface area contributed by atoms with E-state index < -0.39 is 11.9 Å². The number of benzene rings is 1. The Balaban J connectivity index is 2.58. The lowest BCUT2D eigenvalue weighted by Gasteiger charge is -2.19. The molecule has 22 heavy (non-hydrogen) atoms. The maximum Gasteiger partial charge on any atom is 0.307 e. The van der Waals surface area contributed by atoms with Crippen molar-refractivity contribution in [1.29, 1.82) is 0 Å². The van der Waals surface area contributed by atoms with Crippen LogP contribution in [0.25, 0.3) is 0 Å². The van der Waals surface area contributed by atoms with Crippen LogP contribution >= 0.6 is 0 Å². The van der Waals surface area contributed by atoms with Gasteiger partial charge < -0.3 is 26.2 Å². The van der Waals surface area contributed by atoms with E-state index in [0.717, 1.165) is 12.8 Å². The van der Waals surface area contributed by atoms with Crippen LogP contribution in [0.5, 0.6) is 17.2 Å². The van der Waals surface area contributed by atoms with Gasteiger partial charge in [0.25, 0.3) is 0 Å². The minimum absolute atomic E-state index is 0.0475. The molecule has 6 heteroatoms. The Morgan fingerprint density at radius 1 is 1.23 bits per heavy atom. The Labute approximate surface area is 130 Å². The summed E-state index contributed by atoms with van der Waals surface area (Å²) < 4.78 is 0. The van der Waals surface area contributed by atoms with Crippen molar-refractivity contribution in [3.05, 3.63) is 17.7 Å². The van der Waals surface area contributed by atoms with E-state index in [1.807, 2.05) is 6.92 Å². The van der Waals surface area contributed by atoms with E-state index in [1.54, 1.807) is 0 Å².